The van der Waals surface area contributed by atoms with E-state index in [0.29, 0.717) is 18.3 Å². The van der Waals surface area contributed by atoms with Crippen LogP contribution in [-0.2, 0) is 6.54 Å². The number of nitrogens with one attached hydrogen (secondary N) is 2. The Morgan fingerprint density at radius 1 is 1.19 bits per heavy atom. The Hall–Kier alpha value is -2.14. The zero-order valence-electron chi connectivity index (χ0n) is 11.7. The maximum absolute atomic E-state index is 13.1. The Kier molecular flexibility index (Phi) is 5.51. The second-order valence-corrected chi connectivity index (χ2v) is 4.80. The van der Waals surface area contributed by atoms with Gasteiger partial charge < -0.3 is 15.4 Å². The molecular weight excluding hydrogens is 287 g/mol. The van der Waals surface area contributed by atoms with Gasteiger partial charge in [-0.25, -0.2) is 4.39 Å². The van der Waals surface area contributed by atoms with Crippen molar-refractivity contribution in [2.24, 2.45) is 0 Å². The molecule has 3 nitrogen and oxygen atoms in total. The van der Waals surface area contributed by atoms with Gasteiger partial charge in [0.1, 0.15) is 11.6 Å². The number of hydrogen-bond acceptors (Lipinski definition) is 2. The van der Waals surface area contributed by atoms with E-state index in [2.05, 4.69) is 10.6 Å². The smallest absolute Gasteiger partial charge is 0.171 e. The lowest BCUT2D eigenvalue weighted by atomic mass is 10.2. The summed E-state index contributed by atoms with van der Waals surface area (Å²) in [5.41, 5.74) is 1.71. The van der Waals surface area contributed by atoms with Crippen LogP contribution < -0.4 is 15.4 Å². The highest BCUT2D eigenvalue weighted by Gasteiger charge is 2.00. The van der Waals surface area contributed by atoms with E-state index >= 15 is 0 Å². The fourth-order valence-corrected chi connectivity index (χ4v) is 2.00. The molecule has 0 unspecified atom stereocenters. The molecule has 21 heavy (non-hydrogen) atoms. The first kappa shape index (κ1) is 15.3. The summed E-state index contributed by atoms with van der Waals surface area (Å²) in [7, 11) is 0. The van der Waals surface area contributed by atoms with Crippen molar-refractivity contribution >= 4 is 23.0 Å². The van der Waals surface area contributed by atoms with Crippen molar-refractivity contribution in [2.75, 3.05) is 11.9 Å². The summed E-state index contributed by atoms with van der Waals surface area (Å²) in [4.78, 5) is 0. The number of benzene rings is 2. The number of thiocarbonyl (C=S) groups is 1. The minimum Gasteiger partial charge on any atom is -0.494 e. The van der Waals surface area contributed by atoms with Crippen LogP contribution in [0.2, 0.25) is 0 Å². The largest absolute Gasteiger partial charge is 0.494 e. The third-order valence-electron chi connectivity index (χ3n) is 2.77. The van der Waals surface area contributed by atoms with Crippen LogP contribution in [0.1, 0.15) is 12.5 Å². The Bertz CT molecular complexity index is 601. The monoisotopic (exact) mass is 304 g/mol. The lowest BCUT2D eigenvalue weighted by Gasteiger charge is -2.11. The van der Waals surface area contributed by atoms with Crippen LogP contribution in [0.4, 0.5) is 10.1 Å². The van der Waals surface area contributed by atoms with Crippen LogP contribution in [0.25, 0.3) is 0 Å². The molecule has 2 N–H and O–H groups in total. The zero-order valence-corrected chi connectivity index (χ0v) is 12.5. The Morgan fingerprint density at radius 2 is 1.95 bits per heavy atom. The van der Waals surface area contributed by atoms with Crippen molar-refractivity contribution in [1.82, 2.24) is 5.32 Å². The minimum absolute atomic E-state index is 0.250. The molecule has 0 aromatic heterocycles. The molecule has 0 aliphatic rings. The quantitative estimate of drug-likeness (QED) is 0.825. The lowest BCUT2D eigenvalue weighted by Crippen LogP contribution is -2.27. The van der Waals surface area contributed by atoms with E-state index in [-0.39, 0.29) is 5.82 Å². The van der Waals surface area contributed by atoms with Gasteiger partial charge in [0, 0.05) is 12.2 Å². The molecule has 2 aromatic carbocycles. The van der Waals surface area contributed by atoms with Gasteiger partial charge in [0.15, 0.2) is 5.11 Å². The number of hydrogen-bond donors (Lipinski definition) is 2. The van der Waals surface area contributed by atoms with Crippen LogP contribution >= 0.6 is 12.2 Å². The van der Waals surface area contributed by atoms with Crippen molar-refractivity contribution in [1.29, 1.82) is 0 Å². The maximum Gasteiger partial charge on any atom is 0.171 e. The standard InChI is InChI=1S/C16H17FN2OS/c1-2-20-15-8-6-14(7-9-15)19-16(21)18-11-12-4-3-5-13(17)10-12/h3-10H,2,11H2,1H3,(H2,18,19,21). The first-order valence-corrected chi connectivity index (χ1v) is 7.10. The minimum atomic E-state index is -0.250. The third kappa shape index (κ3) is 5.04. The SMILES string of the molecule is CCOc1ccc(NC(=S)NCc2cccc(F)c2)cc1. The summed E-state index contributed by atoms with van der Waals surface area (Å²) in [5.74, 6) is 0.571. The summed E-state index contributed by atoms with van der Waals surface area (Å²) in [6.45, 7) is 3.05. The molecule has 0 aliphatic carbocycles. The Labute approximate surface area is 129 Å². The molecule has 0 bridgehead atoms. The first-order chi connectivity index (χ1) is 10.2. The summed E-state index contributed by atoms with van der Waals surface area (Å²) >= 11 is 5.20. The van der Waals surface area contributed by atoms with E-state index in [1.54, 1.807) is 6.07 Å². The normalized spacial score (nSPS) is 10.0. The molecule has 0 saturated carbocycles. The van der Waals surface area contributed by atoms with Crippen LogP contribution in [-0.4, -0.2) is 11.7 Å². The molecule has 5 heteroatoms. The summed E-state index contributed by atoms with van der Waals surface area (Å²) in [6, 6.07) is 13.9. The lowest BCUT2D eigenvalue weighted by molar-refractivity contribution is 0.340. The third-order valence-corrected chi connectivity index (χ3v) is 3.01. The molecule has 2 rings (SSSR count). The average Bonchev–Trinajstić information content (AvgIpc) is 2.48. The fraction of sp³-hybridized carbons (Fsp3) is 0.188. The van der Waals surface area contributed by atoms with E-state index < -0.39 is 0 Å². The van der Waals surface area contributed by atoms with Gasteiger partial charge >= 0.3 is 0 Å². The molecule has 0 radical (unpaired) electrons. The number of rotatable bonds is 5. The zero-order chi connectivity index (χ0) is 15.1. The molecule has 0 saturated heterocycles. The van der Waals surface area contributed by atoms with E-state index in [1.807, 2.05) is 37.3 Å². The van der Waals surface area contributed by atoms with Gasteiger partial charge in [0.05, 0.1) is 6.61 Å². The second kappa shape index (κ2) is 7.59. The fourth-order valence-electron chi connectivity index (χ4n) is 1.81. The van der Waals surface area contributed by atoms with Gasteiger partial charge in [0.25, 0.3) is 0 Å². The Morgan fingerprint density at radius 3 is 2.62 bits per heavy atom. The van der Waals surface area contributed by atoms with Gasteiger partial charge in [-0.2, -0.15) is 0 Å². The van der Waals surface area contributed by atoms with Gasteiger partial charge in [-0.15, -0.1) is 0 Å². The molecule has 0 spiro atoms. The highest BCUT2D eigenvalue weighted by molar-refractivity contribution is 7.80. The highest BCUT2D eigenvalue weighted by atomic mass is 32.1. The molecule has 0 aliphatic heterocycles. The highest BCUT2D eigenvalue weighted by Crippen LogP contribution is 2.15. The van der Waals surface area contributed by atoms with Crippen LogP contribution in [0.3, 0.4) is 0 Å². The van der Waals surface area contributed by atoms with Crippen molar-refractivity contribution in [2.45, 2.75) is 13.5 Å². The molecule has 2 aromatic rings. The van der Waals surface area contributed by atoms with Gasteiger partial charge in [-0.05, 0) is 61.1 Å². The molecule has 0 heterocycles. The summed E-state index contributed by atoms with van der Waals surface area (Å²) in [6.07, 6.45) is 0. The topological polar surface area (TPSA) is 33.3 Å². The molecule has 0 amide bonds. The van der Waals surface area contributed by atoms with E-state index in [4.69, 9.17) is 17.0 Å². The van der Waals surface area contributed by atoms with Crippen molar-refractivity contribution in [3.63, 3.8) is 0 Å². The van der Waals surface area contributed by atoms with E-state index in [0.717, 1.165) is 17.0 Å². The predicted octanol–water partition coefficient (Wildman–Crippen LogP) is 3.71. The molecule has 0 fully saturated rings. The number of halogens is 1. The van der Waals surface area contributed by atoms with Crippen molar-refractivity contribution in [3.8, 4) is 5.75 Å². The molecule has 0 atom stereocenters. The first-order valence-electron chi connectivity index (χ1n) is 6.69. The van der Waals surface area contributed by atoms with Gasteiger partial charge in [-0.3, -0.25) is 0 Å². The number of anilines is 1. The van der Waals surface area contributed by atoms with E-state index in [1.165, 1.54) is 12.1 Å². The van der Waals surface area contributed by atoms with Crippen LogP contribution in [0, 0.1) is 5.82 Å². The Balaban J connectivity index is 1.84. The maximum atomic E-state index is 13.1. The van der Waals surface area contributed by atoms with Crippen LogP contribution in [0.5, 0.6) is 5.75 Å². The van der Waals surface area contributed by atoms with E-state index in [9.17, 15) is 4.39 Å². The predicted molar refractivity (Wildman–Crippen MR) is 87.1 cm³/mol. The number of ether oxygens (including phenoxy) is 1. The second-order valence-electron chi connectivity index (χ2n) is 4.39. The summed E-state index contributed by atoms with van der Waals surface area (Å²) < 4.78 is 18.4. The summed E-state index contributed by atoms with van der Waals surface area (Å²) in [5, 5.41) is 6.59. The van der Waals surface area contributed by atoms with Gasteiger partial charge in [-0.1, -0.05) is 12.1 Å². The molecular formula is C16H17FN2OS. The van der Waals surface area contributed by atoms with Crippen LogP contribution in [0.15, 0.2) is 48.5 Å². The molecule has 110 valence electrons. The average molecular weight is 304 g/mol. The van der Waals surface area contributed by atoms with Crippen molar-refractivity contribution in [3.05, 3.63) is 59.9 Å². The van der Waals surface area contributed by atoms with Gasteiger partial charge in [0.2, 0.25) is 0 Å². The van der Waals surface area contributed by atoms with Crippen molar-refractivity contribution < 1.29 is 9.13 Å².